The number of nitrogens with zero attached hydrogens (tertiary/aromatic N) is 1. The number of unbranched alkanes of at least 4 members (excludes halogenated alkanes) is 1. The Balaban J connectivity index is 2.30. The fourth-order valence-electron chi connectivity index (χ4n) is 2.78. The number of rotatable bonds is 10. The molecule has 1 saturated carbocycles. The number of hydrogen-bond donors (Lipinski definition) is 2. The van der Waals surface area contributed by atoms with Gasteiger partial charge in [0, 0.05) is 17.6 Å². The van der Waals surface area contributed by atoms with Crippen molar-refractivity contribution in [2.75, 3.05) is 19.7 Å². The third kappa shape index (κ3) is 8.02. The van der Waals surface area contributed by atoms with Crippen LogP contribution in [0.15, 0.2) is 0 Å². The Morgan fingerprint density at radius 3 is 2.29 bits per heavy atom. The predicted octanol–water partition coefficient (Wildman–Crippen LogP) is 2.93. The molecule has 0 amide bonds. The molecule has 1 aliphatic carbocycles. The summed E-state index contributed by atoms with van der Waals surface area (Å²) in [5.74, 6) is 0. The van der Waals surface area contributed by atoms with Crippen molar-refractivity contribution in [2.45, 2.75) is 76.7 Å². The second-order valence-corrected chi connectivity index (χ2v) is 6.79. The molecule has 0 aromatic rings. The van der Waals surface area contributed by atoms with E-state index in [0.717, 1.165) is 32.1 Å². The zero-order valence-corrected chi connectivity index (χ0v) is 13.3. The summed E-state index contributed by atoms with van der Waals surface area (Å²) in [6.45, 7) is 5.74. The minimum Gasteiger partial charge on any atom is -0.394 e. The van der Waals surface area contributed by atoms with Gasteiger partial charge in [0.1, 0.15) is 0 Å². The molecule has 1 atom stereocenters. The van der Waals surface area contributed by atoms with E-state index in [0.29, 0.717) is 6.54 Å². The van der Waals surface area contributed by atoms with Crippen LogP contribution in [0.3, 0.4) is 0 Å². The molecule has 0 aromatic heterocycles. The third-order valence-electron chi connectivity index (χ3n) is 3.86. The lowest BCUT2D eigenvalue weighted by Crippen LogP contribution is -2.49. The van der Waals surface area contributed by atoms with Crippen LogP contribution in [-0.4, -0.2) is 53.5 Å². The van der Waals surface area contributed by atoms with Crippen molar-refractivity contribution >= 4 is 0 Å². The fourth-order valence-corrected chi connectivity index (χ4v) is 2.78. The fraction of sp³-hybridized carbons (Fsp3) is 1.00. The van der Waals surface area contributed by atoms with Crippen molar-refractivity contribution in [2.24, 2.45) is 0 Å². The Morgan fingerprint density at radius 1 is 1.24 bits per heavy atom. The summed E-state index contributed by atoms with van der Waals surface area (Å²) in [5.41, 5.74) is -0.345. The summed E-state index contributed by atoms with van der Waals surface area (Å²) in [4.78, 5) is 1.56. The normalized spacial score (nSPS) is 19.3. The molecule has 0 saturated heterocycles. The number of aliphatic hydroxyl groups excluding tert-OH is 1. The van der Waals surface area contributed by atoms with E-state index in [1.165, 1.54) is 0 Å². The van der Waals surface area contributed by atoms with Crippen LogP contribution in [0.2, 0.25) is 0 Å². The quantitative estimate of drug-likeness (QED) is 0.609. The van der Waals surface area contributed by atoms with Gasteiger partial charge in [-0.05, 0) is 39.2 Å². The maximum Gasteiger partial charge on any atom is 0.401 e. The van der Waals surface area contributed by atoms with E-state index in [2.05, 4.69) is 5.32 Å². The largest absolute Gasteiger partial charge is 0.401 e. The monoisotopic (exact) mass is 310 g/mol. The van der Waals surface area contributed by atoms with Gasteiger partial charge in [0.2, 0.25) is 0 Å². The van der Waals surface area contributed by atoms with E-state index >= 15 is 0 Å². The van der Waals surface area contributed by atoms with E-state index in [1.807, 2.05) is 20.8 Å². The first-order valence-corrected chi connectivity index (χ1v) is 7.84. The average molecular weight is 310 g/mol. The van der Waals surface area contributed by atoms with Crippen molar-refractivity contribution in [3.05, 3.63) is 0 Å². The summed E-state index contributed by atoms with van der Waals surface area (Å²) < 4.78 is 37.5. The summed E-state index contributed by atoms with van der Waals surface area (Å²) in [7, 11) is 0. The molecule has 1 fully saturated rings. The van der Waals surface area contributed by atoms with Crippen LogP contribution in [0.1, 0.15) is 52.9 Å². The molecular formula is C15H29F3N2O. The lowest BCUT2D eigenvalue weighted by Gasteiger charge is -2.31. The molecule has 1 aliphatic rings. The predicted molar refractivity (Wildman–Crippen MR) is 78.3 cm³/mol. The van der Waals surface area contributed by atoms with Crippen LogP contribution in [0.25, 0.3) is 0 Å². The molecule has 21 heavy (non-hydrogen) atoms. The molecule has 126 valence electrons. The van der Waals surface area contributed by atoms with Gasteiger partial charge < -0.3 is 10.4 Å². The Bertz CT molecular complexity index is 306. The van der Waals surface area contributed by atoms with Crippen molar-refractivity contribution in [3.63, 3.8) is 0 Å². The molecule has 3 nitrogen and oxygen atoms in total. The van der Waals surface area contributed by atoms with E-state index in [1.54, 1.807) is 4.90 Å². The molecule has 2 N–H and O–H groups in total. The van der Waals surface area contributed by atoms with E-state index in [4.69, 9.17) is 0 Å². The zero-order chi connectivity index (χ0) is 16.1. The van der Waals surface area contributed by atoms with E-state index in [-0.39, 0.29) is 24.2 Å². The standard InChI is InChI=1S/C15H29F3N2O/c1-12(2)19-14(3,11-21)8-4-5-9-20(13-6-7-13)10-15(16,17)18/h12-13,19,21H,4-11H2,1-3H3. The topological polar surface area (TPSA) is 35.5 Å². The van der Waals surface area contributed by atoms with Gasteiger partial charge in [0.15, 0.2) is 0 Å². The smallest absolute Gasteiger partial charge is 0.394 e. The van der Waals surface area contributed by atoms with E-state index < -0.39 is 12.7 Å². The molecular weight excluding hydrogens is 281 g/mol. The Kier molecular flexibility index (Phi) is 6.94. The van der Waals surface area contributed by atoms with Crippen molar-refractivity contribution in [1.82, 2.24) is 10.2 Å². The Morgan fingerprint density at radius 2 is 1.86 bits per heavy atom. The number of alkyl halides is 3. The van der Waals surface area contributed by atoms with Crippen molar-refractivity contribution in [3.8, 4) is 0 Å². The first-order chi connectivity index (χ1) is 9.65. The van der Waals surface area contributed by atoms with Crippen molar-refractivity contribution in [1.29, 1.82) is 0 Å². The summed E-state index contributed by atoms with van der Waals surface area (Å²) >= 11 is 0. The van der Waals surface area contributed by atoms with Gasteiger partial charge in [0.25, 0.3) is 0 Å². The van der Waals surface area contributed by atoms with Gasteiger partial charge in [-0.3, -0.25) is 4.90 Å². The maximum atomic E-state index is 12.5. The minimum absolute atomic E-state index is 0.0417. The lowest BCUT2D eigenvalue weighted by atomic mass is 9.94. The molecule has 0 radical (unpaired) electrons. The van der Waals surface area contributed by atoms with Crippen LogP contribution < -0.4 is 5.32 Å². The van der Waals surface area contributed by atoms with Crippen LogP contribution in [0.4, 0.5) is 13.2 Å². The zero-order valence-electron chi connectivity index (χ0n) is 13.3. The molecule has 0 aromatic carbocycles. The molecule has 6 heteroatoms. The Labute approximate surface area is 125 Å². The SMILES string of the molecule is CC(C)NC(C)(CO)CCCCN(CC(F)(F)F)C1CC1. The third-order valence-corrected chi connectivity index (χ3v) is 3.86. The molecule has 0 bridgehead atoms. The summed E-state index contributed by atoms with van der Waals surface area (Å²) in [6.07, 6.45) is -0.00785. The van der Waals surface area contributed by atoms with Crippen molar-refractivity contribution < 1.29 is 18.3 Å². The summed E-state index contributed by atoms with van der Waals surface area (Å²) in [6, 6.07) is 0.403. The molecule has 0 spiro atoms. The minimum atomic E-state index is -4.11. The maximum absolute atomic E-state index is 12.5. The van der Waals surface area contributed by atoms with Gasteiger partial charge in [-0.1, -0.05) is 20.3 Å². The van der Waals surface area contributed by atoms with Gasteiger partial charge in [-0.2, -0.15) is 13.2 Å². The number of aliphatic hydroxyl groups is 1. The number of halogens is 3. The van der Waals surface area contributed by atoms with Gasteiger partial charge >= 0.3 is 6.18 Å². The van der Waals surface area contributed by atoms with Gasteiger partial charge in [0.05, 0.1) is 13.2 Å². The number of hydrogen-bond acceptors (Lipinski definition) is 3. The summed E-state index contributed by atoms with van der Waals surface area (Å²) in [5, 5.41) is 12.8. The first kappa shape index (κ1) is 18.7. The highest BCUT2D eigenvalue weighted by atomic mass is 19.4. The van der Waals surface area contributed by atoms with Crippen LogP contribution in [0.5, 0.6) is 0 Å². The molecule has 0 heterocycles. The highest BCUT2D eigenvalue weighted by molar-refractivity contribution is 4.87. The second kappa shape index (κ2) is 7.79. The van der Waals surface area contributed by atoms with Crippen LogP contribution in [-0.2, 0) is 0 Å². The lowest BCUT2D eigenvalue weighted by molar-refractivity contribution is -0.147. The Hall–Kier alpha value is -0.330. The first-order valence-electron chi connectivity index (χ1n) is 7.84. The number of nitrogens with one attached hydrogen (secondary N) is 1. The van der Waals surface area contributed by atoms with Gasteiger partial charge in [-0.15, -0.1) is 0 Å². The van der Waals surface area contributed by atoms with Gasteiger partial charge in [-0.25, -0.2) is 0 Å². The van der Waals surface area contributed by atoms with E-state index in [9.17, 15) is 18.3 Å². The highest BCUT2D eigenvalue weighted by Gasteiger charge is 2.37. The molecule has 1 rings (SSSR count). The highest BCUT2D eigenvalue weighted by Crippen LogP contribution is 2.30. The van der Waals surface area contributed by atoms with Crippen LogP contribution in [0, 0.1) is 0 Å². The second-order valence-electron chi connectivity index (χ2n) is 6.79. The van der Waals surface area contributed by atoms with Crippen LogP contribution >= 0.6 is 0 Å². The average Bonchev–Trinajstić information content (AvgIpc) is 3.15. The molecule has 0 aliphatic heterocycles. The molecule has 1 unspecified atom stereocenters.